The second-order valence-electron chi connectivity index (χ2n) is 5.30. The summed E-state index contributed by atoms with van der Waals surface area (Å²) >= 11 is 0. The number of ether oxygens (including phenoxy) is 4. The molecule has 0 radical (unpaired) electrons. The maximum atomic E-state index is 5.27. The van der Waals surface area contributed by atoms with Gasteiger partial charge in [-0.15, -0.1) is 24.8 Å². The van der Waals surface area contributed by atoms with Gasteiger partial charge in [0.2, 0.25) is 0 Å². The molecule has 2 fully saturated rings. The van der Waals surface area contributed by atoms with Crippen molar-refractivity contribution in [3.8, 4) is 0 Å². The van der Waals surface area contributed by atoms with Crippen molar-refractivity contribution in [2.24, 2.45) is 11.8 Å². The lowest BCUT2D eigenvalue weighted by Crippen LogP contribution is -2.34. The fourth-order valence-corrected chi connectivity index (χ4v) is 2.59. The summed E-state index contributed by atoms with van der Waals surface area (Å²) in [5.41, 5.74) is 0. The molecule has 0 spiro atoms. The molecule has 0 aromatic heterocycles. The number of nitrogens with one attached hydrogen (secondary N) is 2. The molecule has 8 heteroatoms. The van der Waals surface area contributed by atoms with Gasteiger partial charge in [0.15, 0.2) is 0 Å². The Balaban J connectivity index is 0. The van der Waals surface area contributed by atoms with Gasteiger partial charge in [0, 0.05) is 38.1 Å². The second kappa shape index (κ2) is 14.9. The Labute approximate surface area is 146 Å². The summed E-state index contributed by atoms with van der Waals surface area (Å²) in [5, 5.41) is 6.39. The summed E-state index contributed by atoms with van der Waals surface area (Å²) in [6.45, 7) is 4.91. The Bertz CT molecular complexity index is 229. The zero-order valence-electron chi connectivity index (χ0n) is 14.0. The summed E-state index contributed by atoms with van der Waals surface area (Å²) in [4.78, 5) is 0. The molecule has 4 atom stereocenters. The molecule has 136 valence electrons. The SMILES string of the molecule is CN[C@@H]1COC[C@@H]1COC.CN[C@H]1COC[C@H]1COC.Cl.Cl. The summed E-state index contributed by atoms with van der Waals surface area (Å²) < 4.78 is 20.6. The molecule has 2 heterocycles. The van der Waals surface area contributed by atoms with Crippen molar-refractivity contribution in [3.63, 3.8) is 0 Å². The van der Waals surface area contributed by atoms with E-state index in [-0.39, 0.29) is 24.8 Å². The zero-order valence-corrected chi connectivity index (χ0v) is 15.6. The van der Waals surface area contributed by atoms with Gasteiger partial charge in [0.05, 0.1) is 39.6 Å². The first-order valence-electron chi connectivity index (χ1n) is 7.24. The smallest absolute Gasteiger partial charge is 0.0624 e. The molecule has 0 bridgehead atoms. The monoisotopic (exact) mass is 362 g/mol. The van der Waals surface area contributed by atoms with Crippen molar-refractivity contribution in [2.45, 2.75) is 12.1 Å². The molecule has 0 amide bonds. The van der Waals surface area contributed by atoms with Crippen molar-refractivity contribution in [1.82, 2.24) is 10.6 Å². The molecule has 0 saturated carbocycles. The molecule has 0 aromatic rings. The van der Waals surface area contributed by atoms with E-state index in [2.05, 4.69) is 10.6 Å². The van der Waals surface area contributed by atoms with Crippen LogP contribution in [0, 0.1) is 11.8 Å². The molecule has 0 aromatic carbocycles. The maximum Gasteiger partial charge on any atom is 0.0624 e. The molecule has 2 rings (SSSR count). The molecular weight excluding hydrogens is 331 g/mol. The number of methoxy groups -OCH3 is 2. The van der Waals surface area contributed by atoms with Crippen LogP contribution in [0.3, 0.4) is 0 Å². The molecule has 2 aliphatic heterocycles. The van der Waals surface area contributed by atoms with Gasteiger partial charge in [0.25, 0.3) is 0 Å². The number of hydrogen-bond acceptors (Lipinski definition) is 6. The van der Waals surface area contributed by atoms with Crippen LogP contribution >= 0.6 is 24.8 Å². The van der Waals surface area contributed by atoms with Gasteiger partial charge in [-0.3, -0.25) is 0 Å². The third kappa shape index (κ3) is 8.26. The zero-order chi connectivity index (χ0) is 14.8. The topological polar surface area (TPSA) is 61.0 Å². The molecule has 0 aliphatic carbocycles. The molecule has 2 aliphatic rings. The van der Waals surface area contributed by atoms with Crippen molar-refractivity contribution in [3.05, 3.63) is 0 Å². The van der Waals surface area contributed by atoms with Crippen molar-refractivity contribution in [2.75, 3.05) is 68.0 Å². The first-order chi connectivity index (χ1) is 9.76. The third-order valence-corrected chi connectivity index (χ3v) is 3.90. The van der Waals surface area contributed by atoms with Crippen LogP contribution in [-0.2, 0) is 18.9 Å². The van der Waals surface area contributed by atoms with E-state index in [1.54, 1.807) is 14.2 Å². The highest BCUT2D eigenvalue weighted by molar-refractivity contribution is 5.85. The average Bonchev–Trinajstić information content (AvgIpc) is 3.09. The Morgan fingerprint density at radius 2 is 1.14 bits per heavy atom. The molecule has 2 N–H and O–H groups in total. The molecule has 2 saturated heterocycles. The van der Waals surface area contributed by atoms with Gasteiger partial charge in [0.1, 0.15) is 0 Å². The lowest BCUT2D eigenvalue weighted by atomic mass is 10.1. The lowest BCUT2D eigenvalue weighted by Gasteiger charge is -2.14. The van der Waals surface area contributed by atoms with Gasteiger partial charge < -0.3 is 29.6 Å². The number of rotatable bonds is 6. The van der Waals surface area contributed by atoms with E-state index in [1.807, 2.05) is 14.1 Å². The highest BCUT2D eigenvalue weighted by Gasteiger charge is 2.26. The Kier molecular flexibility index (Phi) is 16.7. The van der Waals surface area contributed by atoms with Crippen molar-refractivity contribution >= 4 is 24.8 Å². The highest BCUT2D eigenvalue weighted by Crippen LogP contribution is 2.13. The number of halogens is 2. The predicted molar refractivity (Wildman–Crippen MR) is 92.6 cm³/mol. The standard InChI is InChI=1S/2C7H15NO2.2ClH/c2*1-8-7-5-10-4-6(7)3-9-2;;/h2*6-8H,3-5H2,1-2H3;2*1H/t2*6-,7+;;/m10../s1. The van der Waals surface area contributed by atoms with E-state index in [0.29, 0.717) is 23.9 Å². The van der Waals surface area contributed by atoms with E-state index < -0.39 is 0 Å². The quantitative estimate of drug-likeness (QED) is 0.720. The van der Waals surface area contributed by atoms with Gasteiger partial charge in [-0.25, -0.2) is 0 Å². The van der Waals surface area contributed by atoms with Crippen LogP contribution in [0.1, 0.15) is 0 Å². The van der Waals surface area contributed by atoms with Crippen molar-refractivity contribution in [1.29, 1.82) is 0 Å². The summed E-state index contributed by atoms with van der Waals surface area (Å²) in [6.07, 6.45) is 0. The fourth-order valence-electron chi connectivity index (χ4n) is 2.59. The van der Waals surface area contributed by atoms with Crippen LogP contribution in [0.25, 0.3) is 0 Å². The Hall–Kier alpha value is 0.340. The van der Waals surface area contributed by atoms with E-state index in [4.69, 9.17) is 18.9 Å². The Morgan fingerprint density at radius 1 is 0.773 bits per heavy atom. The van der Waals surface area contributed by atoms with E-state index in [1.165, 1.54) is 0 Å². The van der Waals surface area contributed by atoms with Gasteiger partial charge in [-0.2, -0.15) is 0 Å². The first kappa shape index (κ1) is 24.6. The fraction of sp³-hybridized carbons (Fsp3) is 1.00. The minimum atomic E-state index is 0. The minimum absolute atomic E-state index is 0. The third-order valence-electron chi connectivity index (χ3n) is 3.90. The van der Waals surface area contributed by atoms with E-state index >= 15 is 0 Å². The highest BCUT2D eigenvalue weighted by atomic mass is 35.5. The molecule has 0 unspecified atom stereocenters. The normalized spacial score (nSPS) is 30.0. The van der Waals surface area contributed by atoms with Crippen LogP contribution in [-0.4, -0.2) is 80.0 Å². The van der Waals surface area contributed by atoms with Gasteiger partial charge in [-0.1, -0.05) is 0 Å². The van der Waals surface area contributed by atoms with Crippen molar-refractivity contribution < 1.29 is 18.9 Å². The van der Waals surface area contributed by atoms with E-state index in [0.717, 1.165) is 39.6 Å². The van der Waals surface area contributed by atoms with Gasteiger partial charge >= 0.3 is 0 Å². The summed E-state index contributed by atoms with van der Waals surface area (Å²) in [5.74, 6) is 1.07. The number of likely N-dealkylation sites (N-methyl/N-ethyl adjacent to an activating group) is 2. The first-order valence-corrected chi connectivity index (χ1v) is 7.24. The van der Waals surface area contributed by atoms with E-state index in [9.17, 15) is 0 Å². The summed E-state index contributed by atoms with van der Waals surface area (Å²) in [6, 6.07) is 0.972. The summed E-state index contributed by atoms with van der Waals surface area (Å²) in [7, 11) is 7.38. The van der Waals surface area contributed by atoms with Crippen LogP contribution < -0.4 is 10.6 Å². The largest absolute Gasteiger partial charge is 0.384 e. The minimum Gasteiger partial charge on any atom is -0.384 e. The lowest BCUT2D eigenvalue weighted by molar-refractivity contribution is 0.127. The maximum absolute atomic E-state index is 5.27. The predicted octanol–water partition coefficient (Wildman–Crippen LogP) is 0.578. The molecular formula is C14H32Cl2N2O4. The van der Waals surface area contributed by atoms with Crippen LogP contribution in [0.5, 0.6) is 0 Å². The Morgan fingerprint density at radius 3 is 1.41 bits per heavy atom. The average molecular weight is 363 g/mol. The molecule has 22 heavy (non-hydrogen) atoms. The second-order valence-corrected chi connectivity index (χ2v) is 5.30. The van der Waals surface area contributed by atoms with Crippen LogP contribution in [0.15, 0.2) is 0 Å². The van der Waals surface area contributed by atoms with Gasteiger partial charge in [-0.05, 0) is 14.1 Å². The number of hydrogen-bond donors (Lipinski definition) is 2. The van der Waals surface area contributed by atoms with Crippen LogP contribution in [0.2, 0.25) is 0 Å². The molecule has 6 nitrogen and oxygen atoms in total. The van der Waals surface area contributed by atoms with Crippen LogP contribution in [0.4, 0.5) is 0 Å².